The van der Waals surface area contributed by atoms with Gasteiger partial charge in [0.2, 0.25) is 0 Å². The molecule has 0 bridgehead atoms. The molecule has 2 rings (SSSR count). The molecular weight excluding hydrogens is 264 g/mol. The molecule has 20 heavy (non-hydrogen) atoms. The lowest BCUT2D eigenvalue weighted by molar-refractivity contribution is -0.117. The van der Waals surface area contributed by atoms with Crippen LogP contribution in [0.1, 0.15) is 51.9 Å². The Balaban J connectivity index is 0.000000276. The molecule has 1 aliphatic rings. The van der Waals surface area contributed by atoms with E-state index in [0.717, 1.165) is 25.0 Å². The molecule has 1 aromatic rings. The highest BCUT2D eigenvalue weighted by atomic mass is 32.2. The molecule has 0 aliphatic heterocycles. The van der Waals surface area contributed by atoms with Gasteiger partial charge in [-0.3, -0.25) is 0 Å². The Bertz CT molecular complexity index is 389. The second-order valence-corrected chi connectivity index (χ2v) is 6.45. The topological polar surface area (TPSA) is 17.1 Å². The van der Waals surface area contributed by atoms with E-state index < -0.39 is 0 Å². The van der Waals surface area contributed by atoms with Crippen molar-refractivity contribution >= 4 is 17.5 Å². The lowest BCUT2D eigenvalue weighted by Crippen LogP contribution is -1.90. The first-order valence-electron chi connectivity index (χ1n) is 7.52. The average Bonchev–Trinajstić information content (AvgIpc) is 2.91. The summed E-state index contributed by atoms with van der Waals surface area (Å²) in [6, 6.07) is 10.4. The molecule has 0 spiro atoms. The summed E-state index contributed by atoms with van der Waals surface area (Å²) in [6.45, 7) is 5.51. The van der Waals surface area contributed by atoms with Gasteiger partial charge < -0.3 is 4.79 Å². The first kappa shape index (κ1) is 17.0. The minimum atomic E-state index is 0.301. The summed E-state index contributed by atoms with van der Waals surface area (Å²) in [5, 5.41) is 0. The van der Waals surface area contributed by atoms with Crippen molar-refractivity contribution < 1.29 is 4.79 Å². The molecule has 0 atom stereocenters. The lowest BCUT2D eigenvalue weighted by Gasteiger charge is -2.00. The Morgan fingerprint density at radius 3 is 2.30 bits per heavy atom. The molecule has 1 aromatic carbocycles. The predicted molar refractivity (Wildman–Crippen MR) is 89.3 cm³/mol. The fourth-order valence-corrected chi connectivity index (χ4v) is 2.99. The molecule has 110 valence electrons. The summed E-state index contributed by atoms with van der Waals surface area (Å²) in [7, 11) is 0. The fraction of sp³-hybridized carbons (Fsp3) is 0.500. The number of carbonyl (C=O) groups is 1. The lowest BCUT2D eigenvalue weighted by atomic mass is 10.2. The molecule has 0 aromatic heterocycles. The van der Waals surface area contributed by atoms with Crippen molar-refractivity contribution in [2.75, 3.05) is 5.75 Å². The quantitative estimate of drug-likeness (QED) is 0.382. The highest BCUT2D eigenvalue weighted by Crippen LogP contribution is 2.21. The molecular formula is C18H26OS. The zero-order valence-corrected chi connectivity index (χ0v) is 13.4. The van der Waals surface area contributed by atoms with Crippen LogP contribution >= 0.6 is 11.8 Å². The van der Waals surface area contributed by atoms with Gasteiger partial charge in [-0.15, -0.1) is 11.8 Å². The minimum Gasteiger partial charge on any atom is -0.300 e. The third kappa shape index (κ3) is 8.98. The molecule has 0 saturated heterocycles. The maximum atomic E-state index is 10.7. The van der Waals surface area contributed by atoms with E-state index in [1.54, 1.807) is 6.92 Å². The molecule has 1 nitrogen and oxygen atoms in total. The van der Waals surface area contributed by atoms with Crippen molar-refractivity contribution in [2.45, 2.75) is 56.8 Å². The second-order valence-electron chi connectivity index (χ2n) is 5.28. The molecule has 0 N–H and O–H groups in total. The smallest absolute Gasteiger partial charge is 0.129 e. The van der Waals surface area contributed by atoms with Gasteiger partial charge in [-0.1, -0.05) is 30.4 Å². The van der Waals surface area contributed by atoms with Gasteiger partial charge in [0.05, 0.1) is 0 Å². The maximum absolute atomic E-state index is 10.7. The number of hydrogen-bond acceptors (Lipinski definition) is 2. The number of benzene rings is 1. The van der Waals surface area contributed by atoms with Crippen LogP contribution in [0.4, 0.5) is 0 Å². The third-order valence-corrected chi connectivity index (χ3v) is 4.34. The molecule has 1 saturated carbocycles. The Kier molecular flexibility index (Phi) is 9.14. The van der Waals surface area contributed by atoms with Gasteiger partial charge in [-0.2, -0.15) is 0 Å². The molecule has 1 fully saturated rings. The van der Waals surface area contributed by atoms with Crippen molar-refractivity contribution in [2.24, 2.45) is 0 Å². The summed E-state index contributed by atoms with van der Waals surface area (Å²) >= 11 is 1.86. The molecule has 1 aliphatic carbocycles. The number of allylic oxidation sites excluding steroid dienone is 1. The van der Waals surface area contributed by atoms with Crippen molar-refractivity contribution in [3.63, 3.8) is 0 Å². The average molecular weight is 290 g/mol. The minimum absolute atomic E-state index is 0.301. The summed E-state index contributed by atoms with van der Waals surface area (Å²) in [4.78, 5) is 12.0. The number of unbranched alkanes of at least 4 members (excludes halogenated alkanes) is 1. The van der Waals surface area contributed by atoms with Crippen LogP contribution in [0.2, 0.25) is 0 Å². The molecule has 2 heteroatoms. The molecule has 0 radical (unpaired) electrons. The van der Waals surface area contributed by atoms with E-state index in [9.17, 15) is 4.79 Å². The van der Waals surface area contributed by atoms with Crippen LogP contribution in [0.25, 0.3) is 0 Å². The van der Waals surface area contributed by atoms with Gasteiger partial charge >= 0.3 is 0 Å². The van der Waals surface area contributed by atoms with Crippen LogP contribution in [0.5, 0.6) is 0 Å². The SMILES string of the molecule is C=C1CCCC1.CC(=O)CCCCSc1ccccc1. The van der Waals surface area contributed by atoms with Crippen LogP contribution in [0.3, 0.4) is 0 Å². The Morgan fingerprint density at radius 2 is 1.80 bits per heavy atom. The monoisotopic (exact) mass is 290 g/mol. The largest absolute Gasteiger partial charge is 0.300 e. The van der Waals surface area contributed by atoms with Crippen LogP contribution in [0.15, 0.2) is 47.4 Å². The molecule has 0 heterocycles. The van der Waals surface area contributed by atoms with Crippen LogP contribution in [0, 0.1) is 0 Å². The summed E-state index contributed by atoms with van der Waals surface area (Å²) in [6.07, 6.45) is 8.24. The first-order valence-corrected chi connectivity index (χ1v) is 8.51. The van der Waals surface area contributed by atoms with E-state index in [-0.39, 0.29) is 0 Å². The van der Waals surface area contributed by atoms with Gasteiger partial charge in [0.15, 0.2) is 0 Å². The van der Waals surface area contributed by atoms with Crippen molar-refractivity contribution in [1.29, 1.82) is 0 Å². The standard InChI is InChI=1S/C12H16OS.C6H10/c1-11(13)7-5-6-10-14-12-8-3-2-4-9-12;1-6-4-2-3-5-6/h2-4,8-9H,5-7,10H2,1H3;1-5H2. The van der Waals surface area contributed by atoms with Crippen molar-refractivity contribution in [3.8, 4) is 0 Å². The van der Waals surface area contributed by atoms with Gasteiger partial charge in [0.1, 0.15) is 5.78 Å². The number of carbonyl (C=O) groups excluding carboxylic acids is 1. The number of ketones is 1. The molecule has 0 amide bonds. The van der Waals surface area contributed by atoms with Gasteiger partial charge in [-0.25, -0.2) is 0 Å². The van der Waals surface area contributed by atoms with Crippen LogP contribution in [-0.2, 0) is 4.79 Å². The second kappa shape index (κ2) is 10.7. The van der Waals surface area contributed by atoms with Gasteiger partial charge in [0, 0.05) is 11.3 Å². The van der Waals surface area contributed by atoms with E-state index in [1.165, 1.54) is 36.2 Å². The number of thioether (sulfide) groups is 1. The van der Waals surface area contributed by atoms with E-state index >= 15 is 0 Å². The highest BCUT2D eigenvalue weighted by Gasteiger charge is 2.01. The first-order chi connectivity index (χ1) is 9.68. The Morgan fingerprint density at radius 1 is 1.15 bits per heavy atom. The molecule has 0 unspecified atom stereocenters. The summed E-state index contributed by atoms with van der Waals surface area (Å²) in [5.41, 5.74) is 1.45. The van der Waals surface area contributed by atoms with Gasteiger partial charge in [0.25, 0.3) is 0 Å². The van der Waals surface area contributed by atoms with Crippen molar-refractivity contribution in [1.82, 2.24) is 0 Å². The maximum Gasteiger partial charge on any atom is 0.129 e. The Hall–Kier alpha value is -1.02. The zero-order chi connectivity index (χ0) is 14.6. The highest BCUT2D eigenvalue weighted by molar-refractivity contribution is 7.99. The van der Waals surface area contributed by atoms with E-state index in [2.05, 4.69) is 30.8 Å². The number of rotatable bonds is 6. The fourth-order valence-electron chi connectivity index (χ4n) is 2.06. The van der Waals surface area contributed by atoms with E-state index in [4.69, 9.17) is 0 Å². The zero-order valence-electron chi connectivity index (χ0n) is 12.6. The number of hydrogen-bond donors (Lipinski definition) is 0. The van der Waals surface area contributed by atoms with Crippen molar-refractivity contribution in [3.05, 3.63) is 42.5 Å². The summed E-state index contributed by atoms with van der Waals surface area (Å²) < 4.78 is 0. The van der Waals surface area contributed by atoms with Crippen LogP contribution in [-0.4, -0.2) is 11.5 Å². The van der Waals surface area contributed by atoms with E-state index in [1.807, 2.05) is 17.8 Å². The van der Waals surface area contributed by atoms with Gasteiger partial charge in [-0.05, 0) is 63.3 Å². The number of Topliss-reactive ketones (excluding diaryl/α,β-unsaturated/α-hetero) is 1. The van der Waals surface area contributed by atoms with E-state index in [0.29, 0.717) is 5.78 Å². The Labute approximate surface area is 127 Å². The summed E-state index contributed by atoms with van der Waals surface area (Å²) in [5.74, 6) is 1.41. The third-order valence-electron chi connectivity index (χ3n) is 3.25. The predicted octanol–water partition coefficient (Wildman–Crippen LogP) is 5.65. The van der Waals surface area contributed by atoms with Crippen LogP contribution < -0.4 is 0 Å². The normalized spacial score (nSPS) is 13.8.